The number of likely N-dealkylation sites (tertiary alicyclic amines) is 1. The Morgan fingerprint density at radius 1 is 1.32 bits per heavy atom. The van der Waals surface area contributed by atoms with E-state index in [4.69, 9.17) is 9.84 Å². The Bertz CT molecular complexity index is 602. The van der Waals surface area contributed by atoms with E-state index >= 15 is 0 Å². The van der Waals surface area contributed by atoms with E-state index in [2.05, 4.69) is 4.74 Å². The van der Waals surface area contributed by atoms with Gasteiger partial charge in [-0.25, -0.2) is 4.79 Å². The zero-order chi connectivity index (χ0) is 16.5. The van der Waals surface area contributed by atoms with Gasteiger partial charge < -0.3 is 19.5 Å². The van der Waals surface area contributed by atoms with Crippen molar-refractivity contribution in [2.24, 2.45) is 0 Å². The second-order valence-electron chi connectivity index (χ2n) is 4.55. The molecule has 0 unspecified atom stereocenters. The first-order valence-electron chi connectivity index (χ1n) is 6.20. The van der Waals surface area contributed by atoms with Gasteiger partial charge in [-0.15, -0.1) is 13.2 Å². The molecule has 22 heavy (non-hydrogen) atoms. The van der Waals surface area contributed by atoms with Crippen LogP contribution in [0.3, 0.4) is 0 Å². The Kier molecular flexibility index (Phi) is 4.16. The van der Waals surface area contributed by atoms with E-state index in [0.717, 1.165) is 24.1 Å². The first kappa shape index (κ1) is 15.9. The molecule has 1 aliphatic rings. The van der Waals surface area contributed by atoms with Crippen molar-refractivity contribution in [1.82, 2.24) is 4.90 Å². The van der Waals surface area contributed by atoms with Crippen LogP contribution >= 0.6 is 0 Å². The van der Waals surface area contributed by atoms with E-state index in [-0.39, 0.29) is 17.9 Å². The minimum Gasteiger partial charge on any atom is -0.493 e. The van der Waals surface area contributed by atoms with Crippen molar-refractivity contribution in [2.45, 2.75) is 18.8 Å². The number of ether oxygens (including phenoxy) is 2. The maximum atomic E-state index is 12.3. The fourth-order valence-electron chi connectivity index (χ4n) is 2.07. The number of carbonyl (C=O) groups is 2. The highest BCUT2D eigenvalue weighted by atomic mass is 19.4. The lowest BCUT2D eigenvalue weighted by atomic mass is 10.0. The van der Waals surface area contributed by atoms with Crippen LogP contribution in [-0.4, -0.2) is 47.9 Å². The number of carboxylic acid groups (broad SMARTS) is 1. The van der Waals surface area contributed by atoms with Crippen LogP contribution in [-0.2, 0) is 4.79 Å². The third-order valence-corrected chi connectivity index (χ3v) is 3.20. The van der Waals surface area contributed by atoms with Crippen molar-refractivity contribution in [3.63, 3.8) is 0 Å². The summed E-state index contributed by atoms with van der Waals surface area (Å²) in [4.78, 5) is 24.1. The summed E-state index contributed by atoms with van der Waals surface area (Å²) < 4.78 is 45.6. The third kappa shape index (κ3) is 3.23. The molecule has 1 amide bonds. The number of amides is 1. The largest absolute Gasteiger partial charge is 0.573 e. The van der Waals surface area contributed by atoms with E-state index in [1.54, 1.807) is 0 Å². The second kappa shape index (κ2) is 5.74. The number of hydrogen-bond acceptors (Lipinski definition) is 4. The second-order valence-corrected chi connectivity index (χ2v) is 4.55. The standard InChI is InChI=1S/C13H12F3NO5/c1-21-9-3-2-7(6-10(9)22-13(14,15)16)11(18)17-5-4-8(17)12(19)20/h2-3,6,8H,4-5H2,1H3,(H,19,20)/t8-/m1/s1. The summed E-state index contributed by atoms with van der Waals surface area (Å²) in [6.45, 7) is 0.233. The summed E-state index contributed by atoms with van der Waals surface area (Å²) >= 11 is 0. The number of carbonyl (C=O) groups excluding carboxylic acids is 1. The average molecular weight is 319 g/mol. The molecular weight excluding hydrogens is 307 g/mol. The summed E-state index contributed by atoms with van der Waals surface area (Å²) in [6, 6.07) is 2.33. The summed E-state index contributed by atoms with van der Waals surface area (Å²) in [7, 11) is 1.16. The van der Waals surface area contributed by atoms with Crippen molar-refractivity contribution in [3.05, 3.63) is 23.8 Å². The molecular formula is C13H12F3NO5. The first-order chi connectivity index (χ1) is 10.2. The topological polar surface area (TPSA) is 76.1 Å². The lowest BCUT2D eigenvalue weighted by Gasteiger charge is -2.38. The van der Waals surface area contributed by atoms with Crippen molar-refractivity contribution in [3.8, 4) is 11.5 Å². The molecule has 9 heteroatoms. The molecule has 1 aromatic rings. The Morgan fingerprint density at radius 3 is 2.45 bits per heavy atom. The van der Waals surface area contributed by atoms with E-state index in [0.29, 0.717) is 6.42 Å². The Balaban J connectivity index is 2.26. The van der Waals surface area contributed by atoms with Gasteiger partial charge in [0.2, 0.25) is 0 Å². The number of aliphatic carboxylic acids is 1. The molecule has 6 nitrogen and oxygen atoms in total. The van der Waals surface area contributed by atoms with Crippen molar-refractivity contribution < 1.29 is 37.3 Å². The van der Waals surface area contributed by atoms with Crippen molar-refractivity contribution in [2.75, 3.05) is 13.7 Å². The zero-order valence-electron chi connectivity index (χ0n) is 11.4. The summed E-state index contributed by atoms with van der Waals surface area (Å²) in [5.74, 6) is -2.67. The monoisotopic (exact) mass is 319 g/mol. The van der Waals surface area contributed by atoms with Crippen LogP contribution in [0.25, 0.3) is 0 Å². The highest BCUT2D eigenvalue weighted by Gasteiger charge is 2.38. The Morgan fingerprint density at radius 2 is 2.00 bits per heavy atom. The van der Waals surface area contributed by atoms with E-state index in [1.165, 1.54) is 6.07 Å². The van der Waals surface area contributed by atoms with Crippen LogP contribution in [0.15, 0.2) is 18.2 Å². The average Bonchev–Trinajstić information content (AvgIpc) is 2.34. The fourth-order valence-corrected chi connectivity index (χ4v) is 2.07. The van der Waals surface area contributed by atoms with Gasteiger partial charge in [0.15, 0.2) is 11.5 Å². The van der Waals surface area contributed by atoms with Gasteiger partial charge in [-0.3, -0.25) is 4.79 Å². The van der Waals surface area contributed by atoms with Crippen LogP contribution in [0.4, 0.5) is 13.2 Å². The number of methoxy groups -OCH3 is 1. The molecule has 1 N–H and O–H groups in total. The van der Waals surface area contributed by atoms with Crippen molar-refractivity contribution >= 4 is 11.9 Å². The predicted molar refractivity (Wildman–Crippen MR) is 66.8 cm³/mol. The lowest BCUT2D eigenvalue weighted by Crippen LogP contribution is -2.55. The van der Waals surface area contributed by atoms with Gasteiger partial charge >= 0.3 is 12.3 Å². The van der Waals surface area contributed by atoms with E-state index in [1.807, 2.05) is 0 Å². The minimum atomic E-state index is -4.94. The zero-order valence-corrected chi connectivity index (χ0v) is 11.4. The number of hydrogen-bond donors (Lipinski definition) is 1. The highest BCUT2D eigenvalue weighted by Crippen LogP contribution is 2.34. The van der Waals surface area contributed by atoms with Crippen LogP contribution in [0.5, 0.6) is 11.5 Å². The fraction of sp³-hybridized carbons (Fsp3) is 0.385. The maximum Gasteiger partial charge on any atom is 0.573 e. The minimum absolute atomic E-state index is 0.106. The van der Waals surface area contributed by atoms with Gasteiger partial charge in [-0.2, -0.15) is 0 Å². The Hall–Kier alpha value is -2.45. The number of halogens is 3. The molecule has 2 rings (SSSR count). The molecule has 1 fully saturated rings. The maximum absolute atomic E-state index is 12.3. The molecule has 1 aliphatic heterocycles. The molecule has 1 heterocycles. The molecule has 0 spiro atoms. The van der Waals surface area contributed by atoms with Gasteiger partial charge in [0.1, 0.15) is 6.04 Å². The predicted octanol–water partition coefficient (Wildman–Crippen LogP) is 1.89. The quantitative estimate of drug-likeness (QED) is 0.917. The summed E-state index contributed by atoms with van der Waals surface area (Å²) in [5, 5.41) is 8.90. The van der Waals surface area contributed by atoms with Crippen molar-refractivity contribution in [1.29, 1.82) is 0 Å². The van der Waals surface area contributed by atoms with Crippen LogP contribution in [0, 0.1) is 0 Å². The number of carboxylic acids is 1. The first-order valence-corrected chi connectivity index (χ1v) is 6.20. The van der Waals surface area contributed by atoms with Gasteiger partial charge in [-0.05, 0) is 24.6 Å². The molecule has 1 aromatic carbocycles. The number of alkyl halides is 3. The van der Waals surface area contributed by atoms with Gasteiger partial charge in [-0.1, -0.05) is 0 Å². The smallest absolute Gasteiger partial charge is 0.493 e. The van der Waals surface area contributed by atoms with Crippen LogP contribution in [0.2, 0.25) is 0 Å². The molecule has 0 saturated carbocycles. The Labute approximate surface area is 123 Å². The van der Waals surface area contributed by atoms with Gasteiger partial charge in [0.25, 0.3) is 5.91 Å². The normalized spacial score (nSPS) is 17.6. The van der Waals surface area contributed by atoms with Crippen LogP contribution < -0.4 is 9.47 Å². The third-order valence-electron chi connectivity index (χ3n) is 3.20. The molecule has 0 aliphatic carbocycles. The SMILES string of the molecule is COc1ccc(C(=O)N2CC[C@@H]2C(=O)O)cc1OC(F)(F)F. The number of nitrogens with zero attached hydrogens (tertiary/aromatic N) is 1. The summed E-state index contributed by atoms with van der Waals surface area (Å²) in [6.07, 6.45) is -4.63. The number of rotatable bonds is 4. The van der Waals surface area contributed by atoms with Gasteiger partial charge in [0.05, 0.1) is 7.11 Å². The van der Waals surface area contributed by atoms with E-state index < -0.39 is 30.0 Å². The molecule has 1 atom stereocenters. The number of benzene rings is 1. The van der Waals surface area contributed by atoms with Crippen LogP contribution in [0.1, 0.15) is 16.8 Å². The van der Waals surface area contributed by atoms with E-state index in [9.17, 15) is 22.8 Å². The molecule has 0 radical (unpaired) electrons. The lowest BCUT2D eigenvalue weighted by molar-refractivity contribution is -0.275. The molecule has 120 valence electrons. The highest BCUT2D eigenvalue weighted by molar-refractivity contribution is 5.98. The molecule has 0 aromatic heterocycles. The summed E-state index contributed by atoms with van der Waals surface area (Å²) in [5.41, 5.74) is -0.106. The molecule has 1 saturated heterocycles. The molecule has 0 bridgehead atoms. The van der Waals surface area contributed by atoms with Gasteiger partial charge in [0, 0.05) is 12.1 Å².